The number of fused-ring (bicyclic) bond motifs is 3. The first-order valence-electron chi connectivity index (χ1n) is 14.5. The summed E-state index contributed by atoms with van der Waals surface area (Å²) < 4.78 is 4.39. The third-order valence-electron chi connectivity index (χ3n) is 7.86. The van der Waals surface area contributed by atoms with Crippen LogP contribution in [0.5, 0.6) is 0 Å². The van der Waals surface area contributed by atoms with E-state index in [0.29, 0.717) is 6.61 Å². The summed E-state index contributed by atoms with van der Waals surface area (Å²) in [6, 6.07) is 52.8. The second kappa shape index (κ2) is 12.8. The first kappa shape index (κ1) is 27.4. The Morgan fingerprint density at radius 3 is 1.48 bits per heavy atom. The number of benzene rings is 6. The van der Waals surface area contributed by atoms with Crippen LogP contribution in [-0.4, -0.2) is 18.5 Å². The molecule has 0 aromatic heterocycles. The number of hydrogen-bond donors (Lipinski definition) is 1. The van der Waals surface area contributed by atoms with Crippen LogP contribution in [0.1, 0.15) is 18.1 Å². The van der Waals surface area contributed by atoms with Crippen LogP contribution in [0.15, 0.2) is 146 Å². The van der Waals surface area contributed by atoms with Crippen LogP contribution in [0, 0.1) is 0 Å². The molecular formula is C40H34O2. The summed E-state index contributed by atoms with van der Waals surface area (Å²) in [6.45, 7) is 2.27. The third-order valence-corrected chi connectivity index (χ3v) is 7.86. The molecule has 0 fully saturated rings. The summed E-state index contributed by atoms with van der Waals surface area (Å²) >= 11 is 0. The largest absolute Gasteiger partial charge is 0.371 e. The van der Waals surface area contributed by atoms with Gasteiger partial charge in [0.2, 0.25) is 0 Å². The lowest BCUT2D eigenvalue weighted by molar-refractivity contribution is 0.00540. The van der Waals surface area contributed by atoms with E-state index in [4.69, 9.17) is 5.11 Å². The van der Waals surface area contributed by atoms with Crippen LogP contribution in [0.3, 0.4) is 0 Å². The standard InChI is InChI=1S/C37H26.C3H8O2/c1-3-8-26(9-4-1)28-14-16-30(17-15-28)32-22-23-35-33(24-32)25-37-34(12-7-13-36(35)37)31-20-18-29(19-21-31)27-10-5-2-6-11-27;1-2-5-3-4/h1-24H,25H2;4H,2-3H2,1H3. The minimum atomic E-state index is -0.156. The van der Waals surface area contributed by atoms with Crippen LogP contribution in [0.2, 0.25) is 0 Å². The third kappa shape index (κ3) is 5.82. The van der Waals surface area contributed by atoms with Gasteiger partial charge in [-0.05, 0) is 80.1 Å². The van der Waals surface area contributed by atoms with Gasteiger partial charge in [0.1, 0.15) is 6.79 Å². The van der Waals surface area contributed by atoms with E-state index in [1.807, 2.05) is 6.92 Å². The number of aliphatic hydroxyl groups is 1. The van der Waals surface area contributed by atoms with Crippen molar-refractivity contribution >= 4 is 0 Å². The molecular weight excluding hydrogens is 512 g/mol. The second-order valence-corrected chi connectivity index (χ2v) is 10.4. The highest BCUT2D eigenvalue weighted by molar-refractivity contribution is 5.87. The lowest BCUT2D eigenvalue weighted by atomic mass is 9.94. The average molecular weight is 547 g/mol. The lowest BCUT2D eigenvalue weighted by Gasteiger charge is -2.10. The summed E-state index contributed by atoms with van der Waals surface area (Å²) in [5.41, 5.74) is 15.7. The van der Waals surface area contributed by atoms with Gasteiger partial charge in [0.25, 0.3) is 0 Å². The van der Waals surface area contributed by atoms with E-state index in [9.17, 15) is 0 Å². The Morgan fingerprint density at radius 2 is 0.952 bits per heavy atom. The van der Waals surface area contributed by atoms with Crippen molar-refractivity contribution in [2.75, 3.05) is 13.4 Å². The number of aliphatic hydroxyl groups excluding tert-OH is 1. The van der Waals surface area contributed by atoms with E-state index in [1.54, 1.807) is 0 Å². The molecule has 0 saturated heterocycles. The van der Waals surface area contributed by atoms with E-state index in [1.165, 1.54) is 66.8 Å². The summed E-state index contributed by atoms with van der Waals surface area (Å²) in [5.74, 6) is 0. The average Bonchev–Trinajstić information content (AvgIpc) is 3.45. The molecule has 206 valence electrons. The maximum absolute atomic E-state index is 7.84. The quantitative estimate of drug-likeness (QED) is 0.210. The number of ether oxygens (including phenoxy) is 1. The molecule has 0 heterocycles. The SMILES string of the molecule is CCOCO.c1ccc(-c2ccc(-c3ccc4c(c3)Cc3c(-c5ccc(-c6ccccc6)cc5)cccc3-4)cc2)cc1. The summed E-state index contributed by atoms with van der Waals surface area (Å²) in [4.78, 5) is 0. The Hall–Kier alpha value is -4.76. The fourth-order valence-corrected chi connectivity index (χ4v) is 5.72. The van der Waals surface area contributed by atoms with E-state index in [0.717, 1.165) is 6.42 Å². The zero-order chi connectivity index (χ0) is 28.7. The fraction of sp³-hybridized carbons (Fsp3) is 0.100. The molecule has 0 radical (unpaired) electrons. The Morgan fingerprint density at radius 1 is 0.476 bits per heavy atom. The van der Waals surface area contributed by atoms with Crippen LogP contribution in [0.25, 0.3) is 55.6 Å². The molecule has 1 aliphatic rings. The van der Waals surface area contributed by atoms with Crippen molar-refractivity contribution in [3.05, 3.63) is 157 Å². The Labute approximate surface area is 248 Å². The molecule has 6 aromatic carbocycles. The van der Waals surface area contributed by atoms with Crippen LogP contribution < -0.4 is 0 Å². The molecule has 1 aliphatic carbocycles. The molecule has 0 spiro atoms. The number of hydrogen-bond acceptors (Lipinski definition) is 2. The van der Waals surface area contributed by atoms with Gasteiger partial charge < -0.3 is 9.84 Å². The molecule has 42 heavy (non-hydrogen) atoms. The smallest absolute Gasteiger partial charge is 0.143 e. The van der Waals surface area contributed by atoms with Gasteiger partial charge >= 0.3 is 0 Å². The van der Waals surface area contributed by atoms with Crippen molar-refractivity contribution in [3.63, 3.8) is 0 Å². The van der Waals surface area contributed by atoms with Gasteiger partial charge in [0, 0.05) is 6.61 Å². The Kier molecular flexibility index (Phi) is 8.37. The summed E-state index contributed by atoms with van der Waals surface area (Å²) in [5, 5.41) is 7.84. The van der Waals surface area contributed by atoms with E-state index < -0.39 is 0 Å². The molecule has 0 amide bonds. The van der Waals surface area contributed by atoms with Gasteiger partial charge in [-0.15, -0.1) is 0 Å². The molecule has 0 aliphatic heterocycles. The fourth-order valence-electron chi connectivity index (χ4n) is 5.72. The van der Waals surface area contributed by atoms with Gasteiger partial charge in [0.05, 0.1) is 0 Å². The molecule has 1 N–H and O–H groups in total. The van der Waals surface area contributed by atoms with Crippen molar-refractivity contribution in [3.8, 4) is 55.6 Å². The summed E-state index contributed by atoms with van der Waals surface area (Å²) in [7, 11) is 0. The number of rotatable bonds is 6. The maximum Gasteiger partial charge on any atom is 0.143 e. The van der Waals surface area contributed by atoms with Crippen molar-refractivity contribution in [2.24, 2.45) is 0 Å². The predicted octanol–water partition coefficient (Wildman–Crippen LogP) is 9.90. The maximum atomic E-state index is 7.84. The lowest BCUT2D eigenvalue weighted by Crippen LogP contribution is -1.88. The van der Waals surface area contributed by atoms with Gasteiger partial charge in [-0.25, -0.2) is 0 Å². The van der Waals surface area contributed by atoms with Crippen LogP contribution >= 0.6 is 0 Å². The summed E-state index contributed by atoms with van der Waals surface area (Å²) in [6.07, 6.45) is 0.969. The van der Waals surface area contributed by atoms with Crippen molar-refractivity contribution in [1.29, 1.82) is 0 Å². The van der Waals surface area contributed by atoms with Crippen molar-refractivity contribution in [2.45, 2.75) is 13.3 Å². The van der Waals surface area contributed by atoms with Gasteiger partial charge in [-0.1, -0.05) is 146 Å². The first-order valence-corrected chi connectivity index (χ1v) is 14.5. The van der Waals surface area contributed by atoms with Gasteiger partial charge in [-0.2, -0.15) is 0 Å². The van der Waals surface area contributed by atoms with E-state index in [-0.39, 0.29) is 6.79 Å². The molecule has 0 bridgehead atoms. The highest BCUT2D eigenvalue weighted by Crippen LogP contribution is 2.43. The Balaban J connectivity index is 0.000000585. The molecule has 0 atom stereocenters. The van der Waals surface area contributed by atoms with Gasteiger partial charge in [-0.3, -0.25) is 0 Å². The molecule has 0 saturated carbocycles. The molecule has 7 rings (SSSR count). The topological polar surface area (TPSA) is 29.5 Å². The van der Waals surface area contributed by atoms with Crippen molar-refractivity contribution in [1.82, 2.24) is 0 Å². The highest BCUT2D eigenvalue weighted by Gasteiger charge is 2.22. The molecule has 2 heteroatoms. The highest BCUT2D eigenvalue weighted by atomic mass is 16.6. The molecule has 0 unspecified atom stereocenters. The molecule has 6 aromatic rings. The second-order valence-electron chi connectivity index (χ2n) is 10.4. The van der Waals surface area contributed by atoms with Crippen molar-refractivity contribution < 1.29 is 9.84 Å². The first-order chi connectivity index (χ1) is 20.7. The van der Waals surface area contributed by atoms with Crippen LogP contribution in [-0.2, 0) is 11.2 Å². The van der Waals surface area contributed by atoms with E-state index in [2.05, 4.69) is 150 Å². The van der Waals surface area contributed by atoms with E-state index >= 15 is 0 Å². The monoisotopic (exact) mass is 546 g/mol. The normalized spacial score (nSPS) is 11.3. The zero-order valence-corrected chi connectivity index (χ0v) is 23.8. The van der Waals surface area contributed by atoms with Crippen LogP contribution in [0.4, 0.5) is 0 Å². The van der Waals surface area contributed by atoms with Gasteiger partial charge in [0.15, 0.2) is 0 Å². The minimum Gasteiger partial charge on any atom is -0.371 e. The molecule has 2 nitrogen and oxygen atoms in total. The minimum absolute atomic E-state index is 0.156. The zero-order valence-electron chi connectivity index (χ0n) is 23.8. The Bertz CT molecular complexity index is 1750. The predicted molar refractivity (Wildman–Crippen MR) is 175 cm³/mol.